The van der Waals surface area contributed by atoms with Crippen LogP contribution in [0.15, 0.2) is 0 Å². The Morgan fingerprint density at radius 1 is 1.13 bits per heavy atom. The van der Waals surface area contributed by atoms with E-state index >= 15 is 0 Å². The van der Waals surface area contributed by atoms with Crippen molar-refractivity contribution >= 4 is 9.73 Å². The first-order valence-electron chi connectivity index (χ1n) is 6.02. The number of nitrogens with zero attached hydrogens (tertiary/aromatic N) is 1. The van der Waals surface area contributed by atoms with Crippen molar-refractivity contribution < 1.29 is 4.21 Å². The number of piperidine rings is 1. The Morgan fingerprint density at radius 3 is 2.00 bits per heavy atom. The van der Waals surface area contributed by atoms with E-state index in [9.17, 15) is 4.21 Å². The van der Waals surface area contributed by atoms with Gasteiger partial charge in [0.05, 0.1) is 9.73 Å². The van der Waals surface area contributed by atoms with Crippen molar-refractivity contribution in [1.82, 2.24) is 4.90 Å². The van der Waals surface area contributed by atoms with E-state index in [1.807, 2.05) is 0 Å². The second-order valence-corrected chi connectivity index (χ2v) is 7.80. The van der Waals surface area contributed by atoms with Crippen LogP contribution in [0.2, 0.25) is 0 Å². The van der Waals surface area contributed by atoms with Gasteiger partial charge in [-0.25, -0.2) is 4.21 Å². The van der Waals surface area contributed by atoms with Crippen LogP contribution in [-0.2, 0) is 9.73 Å². The molecular weight excluding hydrogens is 208 g/mol. The fraction of sp³-hybridized carbons (Fsp3) is 1.00. The molecule has 0 aromatic heterocycles. The Labute approximate surface area is 93.2 Å². The van der Waals surface area contributed by atoms with Gasteiger partial charge in [0.2, 0.25) is 0 Å². The van der Waals surface area contributed by atoms with Crippen LogP contribution in [0.25, 0.3) is 0 Å². The van der Waals surface area contributed by atoms with E-state index in [1.54, 1.807) is 0 Å². The quantitative estimate of drug-likeness (QED) is 0.806. The van der Waals surface area contributed by atoms with Gasteiger partial charge in [0.1, 0.15) is 0 Å². The molecular formula is C11H22N2OS. The summed E-state index contributed by atoms with van der Waals surface area (Å²) in [7, 11) is -2.26. The zero-order valence-electron chi connectivity index (χ0n) is 9.74. The third-order valence-electron chi connectivity index (χ3n) is 3.72. The summed E-state index contributed by atoms with van der Waals surface area (Å²) in [5.74, 6) is 0. The van der Waals surface area contributed by atoms with Crippen molar-refractivity contribution in [3.05, 3.63) is 0 Å². The van der Waals surface area contributed by atoms with E-state index in [-0.39, 0.29) is 10.5 Å². The minimum atomic E-state index is -2.26. The molecule has 2 aliphatic rings. The molecule has 4 heteroatoms. The molecule has 1 atom stereocenters. The monoisotopic (exact) mass is 230 g/mol. The highest BCUT2D eigenvalue weighted by molar-refractivity contribution is 7.93. The van der Waals surface area contributed by atoms with Crippen LogP contribution in [0.1, 0.15) is 39.5 Å². The molecule has 1 aliphatic heterocycles. The molecule has 3 nitrogen and oxygen atoms in total. The Bertz CT molecular complexity index is 311. The highest BCUT2D eigenvalue weighted by Crippen LogP contribution is 2.35. The zero-order chi connectivity index (χ0) is 11.1. The largest absolute Gasteiger partial charge is 0.301 e. The molecule has 0 aromatic carbocycles. The molecule has 15 heavy (non-hydrogen) atoms. The molecule has 0 spiro atoms. The summed E-state index contributed by atoms with van der Waals surface area (Å²) in [5, 5.41) is 0.424. The van der Waals surface area contributed by atoms with Crippen LogP contribution in [0.4, 0.5) is 0 Å². The number of hydrogen-bond acceptors (Lipinski definition) is 3. The molecule has 0 radical (unpaired) electrons. The maximum Gasteiger partial charge on any atom is 0.0500 e. The Kier molecular flexibility index (Phi) is 3.08. The van der Waals surface area contributed by atoms with Gasteiger partial charge >= 0.3 is 0 Å². The van der Waals surface area contributed by atoms with Crippen molar-refractivity contribution in [2.24, 2.45) is 0 Å². The van der Waals surface area contributed by atoms with Crippen LogP contribution in [0.5, 0.6) is 0 Å². The maximum absolute atomic E-state index is 12.2. The van der Waals surface area contributed by atoms with Crippen LogP contribution in [0, 0.1) is 4.78 Å². The lowest BCUT2D eigenvalue weighted by atomic mass is 10.1. The van der Waals surface area contributed by atoms with Crippen LogP contribution in [-0.4, -0.2) is 38.7 Å². The van der Waals surface area contributed by atoms with E-state index in [1.165, 1.54) is 0 Å². The highest BCUT2D eigenvalue weighted by Gasteiger charge is 2.39. The van der Waals surface area contributed by atoms with E-state index < -0.39 is 9.73 Å². The molecule has 1 aliphatic carbocycles. The Morgan fingerprint density at radius 2 is 1.60 bits per heavy atom. The van der Waals surface area contributed by atoms with E-state index in [4.69, 9.17) is 4.78 Å². The van der Waals surface area contributed by atoms with Gasteiger partial charge in [0.15, 0.2) is 0 Å². The predicted molar refractivity (Wildman–Crippen MR) is 63.6 cm³/mol. The first kappa shape index (κ1) is 11.4. The fourth-order valence-electron chi connectivity index (χ4n) is 2.43. The SMILES string of the molecule is CC(C)N1CCC(S(=N)(=O)C2CC2)CC1. The zero-order valence-corrected chi connectivity index (χ0v) is 10.6. The summed E-state index contributed by atoms with van der Waals surface area (Å²) in [4.78, 5) is 2.43. The maximum atomic E-state index is 12.2. The molecule has 0 aromatic rings. The molecule has 2 fully saturated rings. The standard InChI is InChI=1S/C11H22N2OS/c1-9(2)13-7-5-11(6-8-13)15(12,14)10-3-4-10/h9-12H,3-8H2,1-2H3. The van der Waals surface area contributed by atoms with E-state index in [2.05, 4.69) is 18.7 Å². The first-order chi connectivity index (χ1) is 7.01. The van der Waals surface area contributed by atoms with Crippen LogP contribution < -0.4 is 0 Å². The van der Waals surface area contributed by atoms with Gasteiger partial charge in [-0.3, -0.25) is 4.78 Å². The van der Waals surface area contributed by atoms with Crippen molar-refractivity contribution in [2.45, 2.75) is 56.1 Å². The normalized spacial score (nSPS) is 29.3. The molecule has 0 amide bonds. The summed E-state index contributed by atoms with van der Waals surface area (Å²) in [6.45, 7) is 6.48. The summed E-state index contributed by atoms with van der Waals surface area (Å²) in [6.07, 6.45) is 4.01. The van der Waals surface area contributed by atoms with E-state index in [0.717, 1.165) is 38.8 Å². The molecule has 1 saturated carbocycles. The number of likely N-dealkylation sites (tertiary alicyclic amines) is 1. The molecule has 1 unspecified atom stereocenters. The van der Waals surface area contributed by atoms with E-state index in [0.29, 0.717) is 6.04 Å². The summed E-state index contributed by atoms with van der Waals surface area (Å²) < 4.78 is 20.2. The molecule has 2 rings (SSSR count). The van der Waals surface area contributed by atoms with Crippen LogP contribution in [0.3, 0.4) is 0 Å². The highest BCUT2D eigenvalue weighted by atomic mass is 32.2. The van der Waals surface area contributed by atoms with Crippen molar-refractivity contribution in [3.8, 4) is 0 Å². The lowest BCUT2D eigenvalue weighted by Gasteiger charge is -2.35. The summed E-state index contributed by atoms with van der Waals surface area (Å²) in [5.41, 5.74) is 0. The van der Waals surface area contributed by atoms with Crippen molar-refractivity contribution in [1.29, 1.82) is 4.78 Å². The molecule has 1 N–H and O–H groups in total. The third-order valence-corrected chi connectivity index (χ3v) is 6.65. The lowest BCUT2D eigenvalue weighted by Crippen LogP contribution is -2.43. The second-order valence-electron chi connectivity index (χ2n) is 5.18. The number of rotatable bonds is 3. The first-order valence-corrected chi connectivity index (χ1v) is 7.70. The third kappa shape index (κ3) is 2.36. The summed E-state index contributed by atoms with van der Waals surface area (Å²) >= 11 is 0. The Hall–Kier alpha value is -0.0900. The minimum absolute atomic E-state index is 0.181. The van der Waals surface area contributed by atoms with Gasteiger partial charge in [-0.05, 0) is 52.6 Å². The molecule has 0 bridgehead atoms. The summed E-state index contributed by atoms with van der Waals surface area (Å²) in [6, 6.07) is 0.591. The van der Waals surface area contributed by atoms with Crippen LogP contribution >= 0.6 is 0 Å². The lowest BCUT2D eigenvalue weighted by molar-refractivity contribution is 0.187. The van der Waals surface area contributed by atoms with Gasteiger partial charge < -0.3 is 4.90 Å². The van der Waals surface area contributed by atoms with Gasteiger partial charge in [-0.2, -0.15) is 0 Å². The predicted octanol–water partition coefficient (Wildman–Crippen LogP) is 2.07. The minimum Gasteiger partial charge on any atom is -0.301 e. The van der Waals surface area contributed by atoms with Crippen molar-refractivity contribution in [2.75, 3.05) is 13.1 Å². The van der Waals surface area contributed by atoms with Gasteiger partial charge in [-0.15, -0.1) is 0 Å². The number of nitrogens with one attached hydrogen (secondary N) is 1. The Balaban J connectivity index is 1.93. The van der Waals surface area contributed by atoms with Gasteiger partial charge in [0.25, 0.3) is 0 Å². The fourth-order valence-corrected chi connectivity index (χ4v) is 4.72. The number of hydrogen-bond donors (Lipinski definition) is 1. The van der Waals surface area contributed by atoms with Gasteiger partial charge in [0, 0.05) is 16.5 Å². The molecule has 1 heterocycles. The smallest absolute Gasteiger partial charge is 0.0500 e. The molecule has 88 valence electrons. The van der Waals surface area contributed by atoms with Gasteiger partial charge in [-0.1, -0.05) is 0 Å². The second kappa shape index (κ2) is 4.06. The topological polar surface area (TPSA) is 44.2 Å². The average molecular weight is 230 g/mol. The molecule has 1 saturated heterocycles. The average Bonchev–Trinajstić information content (AvgIpc) is 3.01. The van der Waals surface area contributed by atoms with Crippen molar-refractivity contribution in [3.63, 3.8) is 0 Å².